The van der Waals surface area contributed by atoms with Gasteiger partial charge in [-0.05, 0) is 48.5 Å². The quantitative estimate of drug-likeness (QED) is 0.495. The molecule has 0 N–H and O–H groups in total. The Hall–Kier alpha value is -3.93. The Morgan fingerprint density at radius 1 is 0.862 bits per heavy atom. The number of nitrogens with zero attached hydrogens (tertiary/aromatic N) is 2. The maximum atomic E-state index is 13.2. The fourth-order valence-corrected chi connectivity index (χ4v) is 3.29. The molecule has 0 aliphatic carbocycles. The number of ketones is 1. The molecule has 0 saturated carbocycles. The number of benzene rings is 3. The molecule has 0 atom stereocenters. The highest BCUT2D eigenvalue weighted by molar-refractivity contribution is 5.96. The molecular weight excluding hydrogens is 368 g/mol. The van der Waals surface area contributed by atoms with Crippen LogP contribution in [0.25, 0.3) is 16.6 Å². The van der Waals surface area contributed by atoms with E-state index in [2.05, 4.69) is 0 Å². The molecule has 0 aliphatic heterocycles. The average molecular weight is 386 g/mol. The van der Waals surface area contributed by atoms with E-state index in [1.54, 1.807) is 86.0 Å². The molecule has 0 unspecified atom stereocenters. The van der Waals surface area contributed by atoms with Gasteiger partial charge in [0, 0.05) is 5.56 Å². The van der Waals surface area contributed by atoms with Gasteiger partial charge < -0.3 is 4.74 Å². The van der Waals surface area contributed by atoms with Crippen LogP contribution >= 0.6 is 0 Å². The predicted octanol–water partition coefficient (Wildman–Crippen LogP) is 3.04. The van der Waals surface area contributed by atoms with Crippen LogP contribution in [0.2, 0.25) is 0 Å². The Balaban J connectivity index is 1.88. The summed E-state index contributed by atoms with van der Waals surface area (Å²) in [6.45, 7) is -0.182. The standard InChI is InChI=1S/C23H18N2O4/c1-29-18-13-11-16(12-14-18)21(26)15-24-20-10-6-5-9-19(20)22(27)25(23(24)28)17-7-3-2-4-8-17/h2-14H,15H2,1H3. The lowest BCUT2D eigenvalue weighted by molar-refractivity contribution is 0.0971. The van der Waals surface area contributed by atoms with Crippen molar-refractivity contribution in [3.8, 4) is 11.4 Å². The van der Waals surface area contributed by atoms with Gasteiger partial charge in [-0.1, -0.05) is 30.3 Å². The minimum absolute atomic E-state index is 0.182. The van der Waals surface area contributed by atoms with Crippen molar-refractivity contribution in [1.82, 2.24) is 9.13 Å². The van der Waals surface area contributed by atoms with E-state index < -0.39 is 11.2 Å². The van der Waals surface area contributed by atoms with Crippen LogP contribution in [0.4, 0.5) is 0 Å². The summed E-state index contributed by atoms with van der Waals surface area (Å²) in [6, 6.07) is 22.2. The number of fused-ring (bicyclic) bond motifs is 1. The molecular formula is C23H18N2O4. The third-order valence-corrected chi connectivity index (χ3v) is 4.78. The summed E-state index contributed by atoms with van der Waals surface area (Å²) in [5.74, 6) is 0.403. The molecule has 3 aromatic carbocycles. The fraction of sp³-hybridized carbons (Fsp3) is 0.0870. The number of hydrogen-bond acceptors (Lipinski definition) is 4. The largest absolute Gasteiger partial charge is 0.497 e. The van der Waals surface area contributed by atoms with Gasteiger partial charge in [0.25, 0.3) is 5.56 Å². The zero-order valence-electron chi connectivity index (χ0n) is 15.7. The highest BCUT2D eigenvalue weighted by Gasteiger charge is 2.17. The summed E-state index contributed by atoms with van der Waals surface area (Å²) >= 11 is 0. The normalized spacial score (nSPS) is 10.8. The summed E-state index contributed by atoms with van der Waals surface area (Å²) in [4.78, 5) is 39.1. The molecule has 6 heteroatoms. The first-order valence-corrected chi connectivity index (χ1v) is 9.07. The highest BCUT2D eigenvalue weighted by Crippen LogP contribution is 2.14. The molecule has 4 aromatic rings. The first-order chi connectivity index (χ1) is 14.1. The number of rotatable bonds is 5. The molecule has 0 bridgehead atoms. The molecule has 4 rings (SSSR count). The monoisotopic (exact) mass is 386 g/mol. The summed E-state index contributed by atoms with van der Waals surface area (Å²) in [5.41, 5.74) is 0.376. The van der Waals surface area contributed by atoms with Crippen molar-refractivity contribution < 1.29 is 9.53 Å². The number of ether oxygens (including phenoxy) is 1. The fourth-order valence-electron chi connectivity index (χ4n) is 3.29. The van der Waals surface area contributed by atoms with E-state index in [1.165, 1.54) is 4.57 Å². The highest BCUT2D eigenvalue weighted by atomic mass is 16.5. The van der Waals surface area contributed by atoms with E-state index >= 15 is 0 Å². The summed E-state index contributed by atoms with van der Waals surface area (Å²) in [6.07, 6.45) is 0. The Labute approximate surface area is 166 Å². The first kappa shape index (κ1) is 18.4. The molecule has 0 saturated heterocycles. The minimum atomic E-state index is -0.554. The first-order valence-electron chi connectivity index (χ1n) is 9.07. The van der Waals surface area contributed by atoms with Crippen molar-refractivity contribution in [2.75, 3.05) is 7.11 Å². The van der Waals surface area contributed by atoms with Crippen molar-refractivity contribution in [3.05, 3.63) is 105 Å². The second-order valence-electron chi connectivity index (χ2n) is 6.51. The Bertz CT molecular complexity index is 1300. The number of methoxy groups -OCH3 is 1. The van der Waals surface area contributed by atoms with E-state index in [4.69, 9.17) is 4.74 Å². The SMILES string of the molecule is COc1ccc(C(=O)Cn2c(=O)n(-c3ccccc3)c(=O)c3ccccc32)cc1. The van der Waals surface area contributed by atoms with Gasteiger partial charge in [-0.15, -0.1) is 0 Å². The Kier molecular flexibility index (Phi) is 4.83. The third kappa shape index (κ3) is 3.36. The number of Topliss-reactive ketones (excluding diaryl/α,β-unsaturated/α-hetero) is 1. The predicted molar refractivity (Wildman–Crippen MR) is 111 cm³/mol. The van der Waals surface area contributed by atoms with Gasteiger partial charge in [-0.3, -0.25) is 14.2 Å². The van der Waals surface area contributed by atoms with Crippen LogP contribution in [0.3, 0.4) is 0 Å². The van der Waals surface area contributed by atoms with Gasteiger partial charge in [-0.25, -0.2) is 9.36 Å². The molecule has 144 valence electrons. The van der Waals surface area contributed by atoms with Crippen LogP contribution in [-0.2, 0) is 6.54 Å². The molecule has 1 aromatic heterocycles. The number of carbonyl (C=O) groups is 1. The zero-order chi connectivity index (χ0) is 20.4. The number of para-hydroxylation sites is 2. The lowest BCUT2D eigenvalue weighted by Crippen LogP contribution is -2.40. The van der Waals surface area contributed by atoms with E-state index in [0.717, 1.165) is 4.57 Å². The summed E-state index contributed by atoms with van der Waals surface area (Å²) in [7, 11) is 1.55. The zero-order valence-corrected chi connectivity index (χ0v) is 15.7. The number of carbonyl (C=O) groups excluding carboxylic acids is 1. The van der Waals surface area contributed by atoms with Crippen molar-refractivity contribution in [2.45, 2.75) is 6.54 Å². The maximum absolute atomic E-state index is 13.2. The molecule has 0 fully saturated rings. The average Bonchev–Trinajstić information content (AvgIpc) is 2.77. The molecule has 6 nitrogen and oxygen atoms in total. The van der Waals surface area contributed by atoms with Gasteiger partial charge in [0.05, 0.1) is 30.2 Å². The van der Waals surface area contributed by atoms with Crippen LogP contribution in [0, 0.1) is 0 Å². The van der Waals surface area contributed by atoms with E-state index in [-0.39, 0.29) is 12.3 Å². The second kappa shape index (κ2) is 7.59. The van der Waals surface area contributed by atoms with Crippen LogP contribution in [0.15, 0.2) is 88.5 Å². The van der Waals surface area contributed by atoms with Crippen LogP contribution in [0.5, 0.6) is 5.75 Å². The minimum Gasteiger partial charge on any atom is -0.497 e. The lowest BCUT2D eigenvalue weighted by atomic mass is 10.1. The summed E-state index contributed by atoms with van der Waals surface area (Å²) in [5, 5.41) is 0.374. The smallest absolute Gasteiger partial charge is 0.336 e. The van der Waals surface area contributed by atoms with Gasteiger partial charge in [0.2, 0.25) is 0 Å². The number of hydrogen-bond donors (Lipinski definition) is 0. The molecule has 0 aliphatic rings. The molecule has 29 heavy (non-hydrogen) atoms. The Morgan fingerprint density at radius 3 is 2.21 bits per heavy atom. The third-order valence-electron chi connectivity index (χ3n) is 4.78. The topological polar surface area (TPSA) is 70.3 Å². The summed E-state index contributed by atoms with van der Waals surface area (Å²) < 4.78 is 7.56. The van der Waals surface area contributed by atoms with E-state index in [0.29, 0.717) is 27.9 Å². The maximum Gasteiger partial charge on any atom is 0.336 e. The van der Waals surface area contributed by atoms with Crippen LogP contribution in [0.1, 0.15) is 10.4 Å². The van der Waals surface area contributed by atoms with E-state index in [9.17, 15) is 14.4 Å². The molecule has 0 radical (unpaired) electrons. The van der Waals surface area contributed by atoms with Crippen LogP contribution < -0.4 is 16.0 Å². The van der Waals surface area contributed by atoms with E-state index in [1.807, 2.05) is 0 Å². The van der Waals surface area contributed by atoms with Gasteiger partial charge >= 0.3 is 5.69 Å². The second-order valence-corrected chi connectivity index (χ2v) is 6.51. The molecule has 0 amide bonds. The van der Waals surface area contributed by atoms with Crippen molar-refractivity contribution in [2.24, 2.45) is 0 Å². The molecule has 1 heterocycles. The van der Waals surface area contributed by atoms with Crippen molar-refractivity contribution in [3.63, 3.8) is 0 Å². The Morgan fingerprint density at radius 2 is 1.52 bits per heavy atom. The van der Waals surface area contributed by atoms with Gasteiger partial charge in [-0.2, -0.15) is 0 Å². The van der Waals surface area contributed by atoms with Crippen molar-refractivity contribution in [1.29, 1.82) is 0 Å². The van der Waals surface area contributed by atoms with Crippen molar-refractivity contribution >= 4 is 16.7 Å². The van der Waals surface area contributed by atoms with Crippen LogP contribution in [-0.4, -0.2) is 22.0 Å². The lowest BCUT2D eigenvalue weighted by Gasteiger charge is -2.14. The van der Waals surface area contributed by atoms with Gasteiger partial charge in [0.1, 0.15) is 5.75 Å². The number of aromatic nitrogens is 2. The van der Waals surface area contributed by atoms with Gasteiger partial charge in [0.15, 0.2) is 5.78 Å². The molecule has 0 spiro atoms.